The minimum Gasteiger partial charge on any atom is -0.287 e. The van der Waals surface area contributed by atoms with E-state index in [-0.39, 0.29) is 11.8 Å². The van der Waals surface area contributed by atoms with Gasteiger partial charge >= 0.3 is 0 Å². The molecule has 0 spiro atoms. The lowest BCUT2D eigenvalue weighted by Crippen LogP contribution is -2.35. The molecule has 4 heteroatoms. The fraction of sp³-hybridized carbons (Fsp3) is 0.263. The van der Waals surface area contributed by atoms with Crippen LogP contribution in [0.25, 0.3) is 0 Å². The van der Waals surface area contributed by atoms with E-state index in [4.69, 9.17) is 0 Å². The summed E-state index contributed by atoms with van der Waals surface area (Å²) < 4.78 is 23.6. The minimum atomic E-state index is -3.06. The molecule has 1 atom stereocenters. The second-order valence-electron chi connectivity index (χ2n) is 6.04. The quantitative estimate of drug-likeness (QED) is 0.845. The van der Waals surface area contributed by atoms with Crippen molar-refractivity contribution in [2.75, 3.05) is 5.75 Å². The average Bonchev–Trinajstić information content (AvgIpc) is 2.90. The predicted molar refractivity (Wildman–Crippen MR) is 93.6 cm³/mol. The van der Waals surface area contributed by atoms with Crippen LogP contribution in [0.2, 0.25) is 0 Å². The lowest BCUT2D eigenvalue weighted by Gasteiger charge is -2.28. The Hall–Kier alpha value is -1.91. The van der Waals surface area contributed by atoms with Gasteiger partial charge < -0.3 is 0 Å². The number of nitrogens with zero attached hydrogens (tertiary/aromatic N) is 1. The van der Waals surface area contributed by atoms with Gasteiger partial charge in [-0.1, -0.05) is 60.7 Å². The first-order valence-electron chi connectivity index (χ1n) is 7.77. The van der Waals surface area contributed by atoms with Crippen LogP contribution in [0.4, 0.5) is 0 Å². The highest BCUT2D eigenvalue weighted by molar-refractivity contribution is 7.94. The molecule has 0 radical (unpaired) electrons. The Morgan fingerprint density at radius 1 is 1.00 bits per heavy atom. The van der Waals surface area contributed by atoms with Crippen molar-refractivity contribution in [2.24, 2.45) is 0 Å². The first kappa shape index (κ1) is 16.0. The molecule has 0 amide bonds. The maximum atomic E-state index is 11.8. The van der Waals surface area contributed by atoms with Crippen molar-refractivity contribution >= 4 is 9.84 Å². The third kappa shape index (κ3) is 4.09. The van der Waals surface area contributed by atoms with E-state index in [0.717, 1.165) is 13.1 Å². The van der Waals surface area contributed by atoms with Crippen LogP contribution in [-0.4, -0.2) is 25.1 Å². The third-order valence-electron chi connectivity index (χ3n) is 4.24. The van der Waals surface area contributed by atoms with Crippen LogP contribution in [0.1, 0.15) is 16.7 Å². The highest BCUT2D eigenvalue weighted by Crippen LogP contribution is 2.21. The molecular formula is C19H21NO2S. The molecular weight excluding hydrogens is 306 g/mol. The van der Waals surface area contributed by atoms with Gasteiger partial charge in [0.15, 0.2) is 9.84 Å². The molecule has 1 heterocycles. The smallest absolute Gasteiger partial charge is 0.173 e. The molecule has 1 aliphatic heterocycles. The zero-order chi connectivity index (χ0) is 16.3. The van der Waals surface area contributed by atoms with Gasteiger partial charge in [-0.15, -0.1) is 0 Å². The highest BCUT2D eigenvalue weighted by Gasteiger charge is 2.27. The van der Waals surface area contributed by atoms with Crippen LogP contribution in [-0.2, 0) is 22.9 Å². The Balaban J connectivity index is 1.85. The predicted octanol–water partition coefficient (Wildman–Crippen LogP) is 3.31. The summed E-state index contributed by atoms with van der Waals surface area (Å²) >= 11 is 0. The number of benzene rings is 2. The summed E-state index contributed by atoms with van der Waals surface area (Å²) in [7, 11) is -3.06. The van der Waals surface area contributed by atoms with E-state index < -0.39 is 9.84 Å². The molecule has 0 aromatic heterocycles. The Labute approximate surface area is 138 Å². The molecule has 0 aliphatic carbocycles. The molecule has 2 aromatic rings. The average molecular weight is 327 g/mol. The largest absolute Gasteiger partial charge is 0.287 e. The second kappa shape index (κ2) is 6.69. The second-order valence-corrected chi connectivity index (χ2v) is 7.97. The topological polar surface area (TPSA) is 37.4 Å². The van der Waals surface area contributed by atoms with Gasteiger partial charge in [-0.25, -0.2) is 8.42 Å². The van der Waals surface area contributed by atoms with Crippen molar-refractivity contribution in [1.82, 2.24) is 4.90 Å². The Bertz CT molecular complexity index is 797. The molecule has 1 aliphatic rings. The van der Waals surface area contributed by atoms with Gasteiger partial charge in [0.1, 0.15) is 0 Å². The highest BCUT2D eigenvalue weighted by atomic mass is 32.2. The lowest BCUT2D eigenvalue weighted by molar-refractivity contribution is 0.226. The lowest BCUT2D eigenvalue weighted by atomic mass is 10.1. The van der Waals surface area contributed by atoms with Crippen molar-refractivity contribution in [2.45, 2.75) is 26.1 Å². The first-order chi connectivity index (χ1) is 11.0. The van der Waals surface area contributed by atoms with Crippen molar-refractivity contribution < 1.29 is 8.42 Å². The van der Waals surface area contributed by atoms with Crippen molar-refractivity contribution in [3.8, 4) is 0 Å². The molecule has 0 saturated heterocycles. The number of sulfone groups is 1. The fourth-order valence-electron chi connectivity index (χ4n) is 2.90. The van der Waals surface area contributed by atoms with E-state index in [1.807, 2.05) is 36.4 Å². The van der Waals surface area contributed by atoms with E-state index in [9.17, 15) is 8.42 Å². The van der Waals surface area contributed by atoms with Gasteiger partial charge in [0, 0.05) is 24.5 Å². The van der Waals surface area contributed by atoms with Crippen molar-refractivity contribution in [3.05, 3.63) is 82.8 Å². The Kier molecular flexibility index (Phi) is 4.64. The Morgan fingerprint density at radius 3 is 2.35 bits per heavy atom. The van der Waals surface area contributed by atoms with Gasteiger partial charge in [0.25, 0.3) is 0 Å². The maximum Gasteiger partial charge on any atom is 0.173 e. The van der Waals surface area contributed by atoms with Gasteiger partial charge in [0.2, 0.25) is 0 Å². The van der Waals surface area contributed by atoms with E-state index in [2.05, 4.69) is 36.1 Å². The molecule has 0 fully saturated rings. The minimum absolute atomic E-state index is 0.0696. The van der Waals surface area contributed by atoms with Gasteiger partial charge in [-0.3, -0.25) is 4.90 Å². The molecule has 0 saturated carbocycles. The summed E-state index contributed by atoms with van der Waals surface area (Å²) in [5.41, 5.74) is 3.66. The van der Waals surface area contributed by atoms with Gasteiger partial charge in [-0.05, 0) is 23.6 Å². The molecule has 120 valence electrons. The summed E-state index contributed by atoms with van der Waals surface area (Å²) in [6.07, 6.45) is 1.82. The van der Waals surface area contributed by atoms with E-state index in [1.54, 1.807) is 0 Å². The number of aryl methyl sites for hydroxylation is 1. The SMILES string of the molecule is Cc1ccccc1CN(Cc1ccccc1)[C@@H]1C=CS(=O)(=O)C1. The monoisotopic (exact) mass is 327 g/mol. The number of hydrogen-bond donors (Lipinski definition) is 0. The maximum absolute atomic E-state index is 11.8. The molecule has 0 bridgehead atoms. The van der Waals surface area contributed by atoms with Crippen LogP contribution in [0.15, 0.2) is 66.1 Å². The van der Waals surface area contributed by atoms with E-state index >= 15 is 0 Å². The molecule has 0 N–H and O–H groups in total. The molecule has 3 nitrogen and oxygen atoms in total. The normalized spacial score (nSPS) is 19.3. The summed E-state index contributed by atoms with van der Waals surface area (Å²) in [6, 6.07) is 18.4. The van der Waals surface area contributed by atoms with E-state index in [1.165, 1.54) is 22.1 Å². The van der Waals surface area contributed by atoms with Crippen molar-refractivity contribution in [3.63, 3.8) is 0 Å². The summed E-state index contributed by atoms with van der Waals surface area (Å²) in [4.78, 5) is 2.23. The van der Waals surface area contributed by atoms with Crippen LogP contribution < -0.4 is 0 Å². The third-order valence-corrected chi connectivity index (χ3v) is 5.62. The summed E-state index contributed by atoms with van der Waals surface area (Å²) in [6.45, 7) is 3.57. The van der Waals surface area contributed by atoms with Crippen molar-refractivity contribution in [1.29, 1.82) is 0 Å². The molecule has 3 rings (SSSR count). The van der Waals surface area contributed by atoms with Crippen LogP contribution >= 0.6 is 0 Å². The van der Waals surface area contributed by atoms with Gasteiger partial charge in [0.05, 0.1) is 5.75 Å². The molecule has 0 unspecified atom stereocenters. The molecule has 2 aromatic carbocycles. The zero-order valence-electron chi connectivity index (χ0n) is 13.2. The van der Waals surface area contributed by atoms with Crippen LogP contribution in [0.3, 0.4) is 0 Å². The molecule has 23 heavy (non-hydrogen) atoms. The van der Waals surface area contributed by atoms with E-state index in [0.29, 0.717) is 0 Å². The summed E-state index contributed by atoms with van der Waals surface area (Å²) in [5.74, 6) is 0.172. The van der Waals surface area contributed by atoms with Crippen LogP contribution in [0, 0.1) is 6.92 Å². The standard InChI is InChI=1S/C19H21NO2S/c1-16-7-5-6-10-18(16)14-20(13-17-8-3-2-4-9-17)19-11-12-23(21,22)15-19/h2-12,19H,13-15H2,1H3/t19-/m1/s1. The fourth-order valence-corrected chi connectivity index (χ4v) is 4.23. The Morgan fingerprint density at radius 2 is 1.70 bits per heavy atom. The summed E-state index contributed by atoms with van der Waals surface area (Å²) in [5, 5.41) is 1.35. The number of rotatable bonds is 5. The number of hydrogen-bond acceptors (Lipinski definition) is 3. The first-order valence-corrected chi connectivity index (χ1v) is 9.48. The van der Waals surface area contributed by atoms with Crippen LogP contribution in [0.5, 0.6) is 0 Å². The van der Waals surface area contributed by atoms with Gasteiger partial charge in [-0.2, -0.15) is 0 Å². The zero-order valence-corrected chi connectivity index (χ0v) is 14.0.